The van der Waals surface area contributed by atoms with Gasteiger partial charge in [-0.15, -0.1) is 0 Å². The Morgan fingerprint density at radius 2 is 1.62 bits per heavy atom. The summed E-state index contributed by atoms with van der Waals surface area (Å²) in [6.07, 6.45) is -0.403. The Hall–Kier alpha value is -4.31. The molecule has 1 aromatic carbocycles. The molecule has 0 saturated carbocycles. The predicted octanol–water partition coefficient (Wildman–Crippen LogP) is 4.30. The van der Waals surface area contributed by atoms with E-state index >= 15 is 4.39 Å². The number of hydrogen-bond acceptors (Lipinski definition) is 10. The van der Waals surface area contributed by atoms with Gasteiger partial charge in [-0.1, -0.05) is 71.4 Å². The number of methoxy groups -OCH3 is 3. The molecule has 16 heteroatoms. The number of nitrogens with zero attached hydrogens (tertiary/aromatic N) is 3. The van der Waals surface area contributed by atoms with Crippen molar-refractivity contribution < 1.29 is 52.1 Å². The first-order chi connectivity index (χ1) is 28.1. The molecule has 2 fully saturated rings. The second-order valence-electron chi connectivity index (χ2n) is 17.7. The first-order valence-corrected chi connectivity index (χ1v) is 21.1. The predicted molar refractivity (Wildman–Crippen MR) is 223 cm³/mol. The zero-order valence-corrected chi connectivity index (χ0v) is 37.7. The van der Waals surface area contributed by atoms with Crippen LogP contribution in [0.15, 0.2) is 30.3 Å². The lowest BCUT2D eigenvalue weighted by Gasteiger charge is -2.41. The number of likely N-dealkylation sites (N-methyl/N-ethyl adjacent to an activating group) is 1. The van der Waals surface area contributed by atoms with Crippen LogP contribution in [-0.4, -0.2) is 146 Å². The maximum atomic E-state index is 16.1. The van der Waals surface area contributed by atoms with Crippen LogP contribution in [0.4, 0.5) is 9.18 Å². The summed E-state index contributed by atoms with van der Waals surface area (Å²) in [5.74, 6) is -4.04. The standard InChI is InChI=1S/C44H70FN5O10/c1-13-28(4)36(48(9)39(53)35(27(2)3)47-41(55)44(45)21-23-49(26-44)42(56)60-43(6,7)8)33(57-10)25-34(51)50-22-17-20-32(50)37(58-11)29(5)38(52)46-31(40(54)59-12)24-30-18-15-14-16-19-30/h14-16,18-19,27-29,31-33,35-37H,13,17,20-26H2,1-12H3,(H,46,52)(H,47,55)/t28-,29+,31-,32-,33+,35-,36-,37+,44-/m0/s1. The highest BCUT2D eigenvalue weighted by atomic mass is 19.1. The van der Waals surface area contributed by atoms with E-state index in [1.165, 1.54) is 26.2 Å². The number of nitrogens with one attached hydrogen (secondary N) is 2. The summed E-state index contributed by atoms with van der Waals surface area (Å²) in [4.78, 5) is 85.5. The van der Waals surface area contributed by atoms with Crippen molar-refractivity contribution in [3.63, 3.8) is 0 Å². The molecule has 0 radical (unpaired) electrons. The van der Waals surface area contributed by atoms with Gasteiger partial charge in [0.25, 0.3) is 5.91 Å². The minimum absolute atomic E-state index is 0.0155. The lowest BCUT2D eigenvalue weighted by molar-refractivity contribution is -0.149. The molecular formula is C44H70FN5O10. The van der Waals surface area contributed by atoms with Crippen molar-refractivity contribution in [2.24, 2.45) is 17.8 Å². The fourth-order valence-electron chi connectivity index (χ4n) is 8.24. The van der Waals surface area contributed by atoms with E-state index in [0.29, 0.717) is 25.8 Å². The number of carbonyl (C=O) groups is 6. The second-order valence-corrected chi connectivity index (χ2v) is 17.7. The molecular weight excluding hydrogens is 778 g/mol. The van der Waals surface area contributed by atoms with Gasteiger partial charge in [0.1, 0.15) is 17.7 Å². The number of alkyl halides is 1. The number of hydrogen-bond donors (Lipinski definition) is 2. The lowest BCUT2D eigenvalue weighted by Crippen LogP contribution is -2.60. The molecule has 0 aliphatic carbocycles. The van der Waals surface area contributed by atoms with E-state index in [0.717, 1.165) is 10.5 Å². The van der Waals surface area contributed by atoms with Crippen molar-refractivity contribution in [2.75, 3.05) is 48.0 Å². The van der Waals surface area contributed by atoms with Gasteiger partial charge >= 0.3 is 12.1 Å². The maximum absolute atomic E-state index is 16.1. The molecule has 0 aromatic heterocycles. The van der Waals surface area contributed by atoms with Crippen LogP contribution < -0.4 is 10.6 Å². The van der Waals surface area contributed by atoms with Crippen molar-refractivity contribution >= 4 is 35.7 Å². The number of esters is 1. The lowest BCUT2D eigenvalue weighted by atomic mass is 9.89. The average Bonchev–Trinajstić information content (AvgIpc) is 3.86. The highest BCUT2D eigenvalue weighted by molar-refractivity contribution is 5.92. The normalized spacial score (nSPS) is 21.6. The average molecular weight is 848 g/mol. The largest absolute Gasteiger partial charge is 0.467 e. The van der Waals surface area contributed by atoms with Crippen LogP contribution in [0.25, 0.3) is 0 Å². The van der Waals surface area contributed by atoms with Gasteiger partial charge < -0.3 is 44.3 Å². The summed E-state index contributed by atoms with van der Waals surface area (Å²) in [6, 6.07) is 6.17. The third-order valence-corrected chi connectivity index (χ3v) is 11.8. The van der Waals surface area contributed by atoms with Gasteiger partial charge in [0, 0.05) is 47.2 Å². The van der Waals surface area contributed by atoms with E-state index < -0.39 is 95.8 Å². The quantitative estimate of drug-likeness (QED) is 0.191. The maximum Gasteiger partial charge on any atom is 0.410 e. The van der Waals surface area contributed by atoms with E-state index in [1.54, 1.807) is 53.5 Å². The molecule has 5 amide bonds. The summed E-state index contributed by atoms with van der Waals surface area (Å²) in [7, 11) is 5.84. The molecule has 1 aromatic rings. The molecule has 0 bridgehead atoms. The van der Waals surface area contributed by atoms with E-state index in [-0.39, 0.29) is 37.6 Å². The van der Waals surface area contributed by atoms with Crippen molar-refractivity contribution in [3.05, 3.63) is 35.9 Å². The van der Waals surface area contributed by atoms with Crippen LogP contribution in [0.3, 0.4) is 0 Å². The third-order valence-electron chi connectivity index (χ3n) is 11.8. The third kappa shape index (κ3) is 12.9. The Morgan fingerprint density at radius 1 is 0.967 bits per heavy atom. The van der Waals surface area contributed by atoms with Gasteiger partial charge in [-0.2, -0.15) is 0 Å². The number of benzene rings is 1. The van der Waals surface area contributed by atoms with Gasteiger partial charge in [-0.05, 0) is 51.0 Å². The van der Waals surface area contributed by atoms with Gasteiger partial charge in [0.05, 0.1) is 50.3 Å². The number of halogens is 1. The Kier molecular flexibility index (Phi) is 18.3. The van der Waals surface area contributed by atoms with E-state index in [4.69, 9.17) is 18.9 Å². The SMILES string of the molecule is CC[C@H](C)[C@@H]([C@@H](CC(=O)N1CCC[C@H]1[C@H](OC)[C@@H](C)C(=O)N[C@@H](Cc1ccccc1)C(=O)OC)OC)N(C)C(=O)[C@@H](NC(=O)[C@]1(F)CCN(C(=O)OC(C)(C)C)C1)C(C)C. The fraction of sp³-hybridized carbons (Fsp3) is 0.727. The number of rotatable bonds is 19. The summed E-state index contributed by atoms with van der Waals surface area (Å²) in [5, 5.41) is 5.48. The summed E-state index contributed by atoms with van der Waals surface area (Å²) in [6.45, 7) is 14.1. The molecule has 2 N–H and O–H groups in total. The first kappa shape index (κ1) is 50.0. The molecule has 2 aliphatic rings. The molecule has 15 nitrogen and oxygen atoms in total. The molecule has 0 unspecified atom stereocenters. The molecule has 2 aliphatic heterocycles. The zero-order valence-electron chi connectivity index (χ0n) is 37.7. The topological polar surface area (TPSA) is 173 Å². The number of amides is 5. The first-order valence-electron chi connectivity index (χ1n) is 21.1. The van der Waals surface area contributed by atoms with Gasteiger partial charge in [-0.3, -0.25) is 19.2 Å². The van der Waals surface area contributed by atoms with E-state index in [1.807, 2.05) is 44.2 Å². The van der Waals surface area contributed by atoms with E-state index in [9.17, 15) is 28.8 Å². The monoisotopic (exact) mass is 848 g/mol. The van der Waals surface area contributed by atoms with Crippen molar-refractivity contribution in [1.29, 1.82) is 0 Å². The van der Waals surface area contributed by atoms with Crippen LogP contribution >= 0.6 is 0 Å². The minimum Gasteiger partial charge on any atom is -0.467 e. The molecule has 2 heterocycles. The van der Waals surface area contributed by atoms with E-state index in [2.05, 4.69) is 10.6 Å². The van der Waals surface area contributed by atoms with Crippen molar-refractivity contribution in [3.8, 4) is 0 Å². The van der Waals surface area contributed by atoms with Crippen LogP contribution in [-0.2, 0) is 49.3 Å². The summed E-state index contributed by atoms with van der Waals surface area (Å²) < 4.78 is 38.4. The minimum atomic E-state index is -2.42. The van der Waals surface area contributed by atoms with Gasteiger partial charge in [-0.25, -0.2) is 14.0 Å². The van der Waals surface area contributed by atoms with Crippen LogP contribution in [0.5, 0.6) is 0 Å². The summed E-state index contributed by atoms with van der Waals surface area (Å²) >= 11 is 0. The highest BCUT2D eigenvalue weighted by Crippen LogP contribution is 2.31. The van der Waals surface area contributed by atoms with Crippen molar-refractivity contribution in [1.82, 2.24) is 25.3 Å². The Balaban J connectivity index is 1.76. The van der Waals surface area contributed by atoms with Gasteiger partial charge in [0.2, 0.25) is 23.4 Å². The van der Waals surface area contributed by atoms with Crippen molar-refractivity contribution in [2.45, 2.75) is 142 Å². The van der Waals surface area contributed by atoms with Gasteiger partial charge in [0.15, 0.2) is 0 Å². The second kappa shape index (κ2) is 22.0. The van der Waals surface area contributed by atoms with Crippen LogP contribution in [0.1, 0.15) is 93.1 Å². The highest BCUT2D eigenvalue weighted by Gasteiger charge is 2.49. The molecule has 2 saturated heterocycles. The fourth-order valence-corrected chi connectivity index (χ4v) is 8.24. The molecule has 60 heavy (non-hydrogen) atoms. The molecule has 0 spiro atoms. The Labute approximate surface area is 355 Å². The van der Waals surface area contributed by atoms with Crippen LogP contribution in [0.2, 0.25) is 0 Å². The number of ether oxygens (including phenoxy) is 4. The molecule has 9 atom stereocenters. The Morgan fingerprint density at radius 3 is 2.17 bits per heavy atom. The smallest absolute Gasteiger partial charge is 0.410 e. The zero-order chi connectivity index (χ0) is 45.1. The Bertz CT molecular complexity index is 1630. The molecule has 338 valence electrons. The number of likely N-dealkylation sites (tertiary alicyclic amines) is 2. The number of carbonyl (C=O) groups excluding carboxylic acids is 6. The molecule has 3 rings (SSSR count). The summed E-state index contributed by atoms with van der Waals surface area (Å²) in [5.41, 5.74) is -2.36. The van der Waals surface area contributed by atoms with Crippen LogP contribution in [0, 0.1) is 17.8 Å².